The molecular weight excluding hydrogens is 525 g/mol. The molecule has 0 bridgehead atoms. The number of aryl methyl sites for hydroxylation is 2. The number of hydrogen-bond donors (Lipinski definition) is 2. The molecule has 0 fully saturated rings. The third-order valence-corrected chi connectivity index (χ3v) is 5.51. The van der Waals surface area contributed by atoms with E-state index in [-0.39, 0.29) is 24.0 Å². The van der Waals surface area contributed by atoms with Crippen molar-refractivity contribution in [1.82, 2.24) is 20.7 Å². The van der Waals surface area contributed by atoms with Crippen LogP contribution >= 0.6 is 24.0 Å². The molecule has 3 aromatic rings. The molecule has 3 rings (SSSR count). The summed E-state index contributed by atoms with van der Waals surface area (Å²) in [4.78, 5) is 6.85. The number of aromatic nitrogens is 1. The van der Waals surface area contributed by atoms with Crippen molar-refractivity contribution >= 4 is 29.9 Å². The summed E-state index contributed by atoms with van der Waals surface area (Å²) in [5.74, 6) is 1.72. The summed E-state index contributed by atoms with van der Waals surface area (Å²) in [6.07, 6.45) is 1.90. The molecule has 7 heteroatoms. The summed E-state index contributed by atoms with van der Waals surface area (Å²) in [5, 5.41) is 10.8. The third-order valence-electron chi connectivity index (χ3n) is 5.51. The van der Waals surface area contributed by atoms with Gasteiger partial charge in [0.25, 0.3) is 0 Å². The van der Waals surface area contributed by atoms with E-state index < -0.39 is 0 Å². The van der Waals surface area contributed by atoms with E-state index in [9.17, 15) is 0 Å². The number of hydrogen-bond acceptors (Lipinski definition) is 4. The van der Waals surface area contributed by atoms with Crippen LogP contribution in [0.2, 0.25) is 0 Å². The Hall–Kier alpha value is -2.39. The first-order valence-electron chi connectivity index (χ1n) is 11.3. The molecule has 0 unspecified atom stereocenters. The maximum absolute atomic E-state index is 5.24. The van der Waals surface area contributed by atoms with Gasteiger partial charge in [-0.25, -0.2) is 0 Å². The van der Waals surface area contributed by atoms with Crippen molar-refractivity contribution in [2.24, 2.45) is 4.99 Å². The zero-order chi connectivity index (χ0) is 22.6. The van der Waals surface area contributed by atoms with Gasteiger partial charge in [0, 0.05) is 45.3 Å². The Labute approximate surface area is 214 Å². The van der Waals surface area contributed by atoms with Gasteiger partial charge in [-0.15, -0.1) is 24.0 Å². The zero-order valence-corrected chi connectivity index (χ0v) is 22.2. The predicted octanol–water partition coefficient (Wildman–Crippen LogP) is 4.71. The first-order chi connectivity index (χ1) is 15.7. The van der Waals surface area contributed by atoms with Crippen molar-refractivity contribution < 1.29 is 4.52 Å². The lowest BCUT2D eigenvalue weighted by molar-refractivity contribution is 0.254. The Balaban J connectivity index is 0.00000385. The summed E-state index contributed by atoms with van der Waals surface area (Å²) in [6, 6.07) is 21.3. The van der Waals surface area contributed by atoms with Crippen molar-refractivity contribution in [2.75, 3.05) is 26.7 Å². The third kappa shape index (κ3) is 9.17. The molecule has 0 aliphatic heterocycles. The van der Waals surface area contributed by atoms with E-state index in [1.165, 1.54) is 16.7 Å². The van der Waals surface area contributed by atoms with Gasteiger partial charge in [-0.3, -0.25) is 9.89 Å². The minimum absolute atomic E-state index is 0. The van der Waals surface area contributed by atoms with Crippen LogP contribution in [0.4, 0.5) is 0 Å². The second kappa shape index (κ2) is 14.7. The van der Waals surface area contributed by atoms with Crippen molar-refractivity contribution in [2.45, 2.75) is 39.8 Å². The lowest BCUT2D eigenvalue weighted by Gasteiger charge is -2.23. The fraction of sp³-hybridized carbons (Fsp3) is 0.385. The number of nitrogens with one attached hydrogen (secondary N) is 2. The van der Waals surface area contributed by atoms with E-state index in [1.54, 1.807) is 0 Å². The van der Waals surface area contributed by atoms with Gasteiger partial charge in [-0.05, 0) is 37.8 Å². The lowest BCUT2D eigenvalue weighted by atomic mass is 10.1. The van der Waals surface area contributed by atoms with E-state index in [1.807, 2.05) is 20.9 Å². The maximum atomic E-state index is 5.24. The zero-order valence-electron chi connectivity index (χ0n) is 19.9. The largest absolute Gasteiger partial charge is 0.361 e. The number of aliphatic imine (C=N–C) groups is 1. The van der Waals surface area contributed by atoms with E-state index in [0.29, 0.717) is 0 Å². The Kier molecular flexibility index (Phi) is 12.0. The number of rotatable bonds is 11. The molecule has 1 heterocycles. The van der Waals surface area contributed by atoms with Crippen LogP contribution in [0.1, 0.15) is 34.6 Å². The van der Waals surface area contributed by atoms with E-state index in [0.717, 1.165) is 63.0 Å². The Morgan fingerprint density at radius 1 is 0.909 bits per heavy atom. The van der Waals surface area contributed by atoms with Crippen LogP contribution in [0.5, 0.6) is 0 Å². The molecule has 0 atom stereocenters. The molecule has 2 aromatic carbocycles. The lowest BCUT2D eigenvalue weighted by Crippen LogP contribution is -2.39. The van der Waals surface area contributed by atoms with Crippen LogP contribution < -0.4 is 10.6 Å². The number of halogens is 1. The first kappa shape index (κ1) is 26.9. The number of guanidine groups is 1. The van der Waals surface area contributed by atoms with Gasteiger partial charge in [0.1, 0.15) is 5.76 Å². The second-order valence-corrected chi connectivity index (χ2v) is 8.01. The Bertz CT molecular complexity index is 898. The van der Waals surface area contributed by atoms with Crippen LogP contribution in [0, 0.1) is 13.8 Å². The topological polar surface area (TPSA) is 65.7 Å². The van der Waals surface area contributed by atoms with E-state index >= 15 is 0 Å². The van der Waals surface area contributed by atoms with Gasteiger partial charge in [0.15, 0.2) is 5.96 Å². The predicted molar refractivity (Wildman–Crippen MR) is 146 cm³/mol. The summed E-state index contributed by atoms with van der Waals surface area (Å²) in [5.41, 5.74) is 4.82. The molecule has 0 spiro atoms. The highest BCUT2D eigenvalue weighted by Crippen LogP contribution is 2.12. The minimum atomic E-state index is 0. The Morgan fingerprint density at radius 2 is 1.48 bits per heavy atom. The second-order valence-electron chi connectivity index (χ2n) is 8.01. The van der Waals surface area contributed by atoms with E-state index in [4.69, 9.17) is 4.52 Å². The average Bonchev–Trinajstić information content (AvgIpc) is 3.14. The molecule has 0 radical (unpaired) electrons. The average molecular weight is 562 g/mol. The molecule has 0 aliphatic carbocycles. The quantitative estimate of drug-likeness (QED) is 0.154. The van der Waals surface area contributed by atoms with Crippen molar-refractivity contribution in [1.29, 1.82) is 0 Å². The fourth-order valence-electron chi connectivity index (χ4n) is 3.79. The van der Waals surface area contributed by atoms with Crippen molar-refractivity contribution in [3.05, 3.63) is 88.8 Å². The maximum Gasteiger partial charge on any atom is 0.190 e. The van der Waals surface area contributed by atoms with Crippen LogP contribution in [0.3, 0.4) is 0 Å². The Morgan fingerprint density at radius 3 is 2.00 bits per heavy atom. The van der Waals surface area contributed by atoms with Crippen LogP contribution in [-0.2, 0) is 19.5 Å². The molecule has 33 heavy (non-hydrogen) atoms. The molecule has 0 aliphatic rings. The number of benzene rings is 2. The molecule has 178 valence electrons. The van der Waals surface area contributed by atoms with Gasteiger partial charge >= 0.3 is 0 Å². The highest BCUT2D eigenvalue weighted by molar-refractivity contribution is 14.0. The van der Waals surface area contributed by atoms with Gasteiger partial charge < -0.3 is 15.2 Å². The normalized spacial score (nSPS) is 11.3. The first-order valence-corrected chi connectivity index (χ1v) is 11.3. The summed E-state index contributed by atoms with van der Waals surface area (Å²) in [6.45, 7) is 8.49. The van der Waals surface area contributed by atoms with Crippen LogP contribution in [-0.4, -0.2) is 42.7 Å². The molecule has 1 aromatic heterocycles. The molecule has 2 N–H and O–H groups in total. The van der Waals surface area contributed by atoms with Gasteiger partial charge in [-0.2, -0.15) is 0 Å². The summed E-state index contributed by atoms with van der Waals surface area (Å²) >= 11 is 0. The van der Waals surface area contributed by atoms with Gasteiger partial charge in [-0.1, -0.05) is 65.8 Å². The van der Waals surface area contributed by atoms with Crippen molar-refractivity contribution in [3.8, 4) is 0 Å². The van der Waals surface area contributed by atoms with Crippen LogP contribution in [0.15, 0.2) is 70.2 Å². The standard InChI is InChI=1S/C26H35N5O.HI/c1-21-25(22(2)32-30-21)15-17-29-26(27-3)28-16-10-18-31(19-23-11-6-4-7-12-23)20-24-13-8-5-9-14-24;/h4-9,11-14H,10,15-20H2,1-3H3,(H2,27,28,29);1H. The molecule has 6 nitrogen and oxygen atoms in total. The highest BCUT2D eigenvalue weighted by Gasteiger charge is 2.09. The molecule has 0 saturated heterocycles. The minimum Gasteiger partial charge on any atom is -0.361 e. The molecule has 0 saturated carbocycles. The molecule has 0 amide bonds. The van der Waals surface area contributed by atoms with E-state index in [2.05, 4.69) is 86.3 Å². The summed E-state index contributed by atoms with van der Waals surface area (Å²) < 4.78 is 5.24. The number of nitrogens with zero attached hydrogens (tertiary/aromatic N) is 3. The monoisotopic (exact) mass is 561 g/mol. The molecular formula is C26H36IN5O. The van der Waals surface area contributed by atoms with Crippen molar-refractivity contribution in [3.63, 3.8) is 0 Å². The fourth-order valence-corrected chi connectivity index (χ4v) is 3.79. The van der Waals surface area contributed by atoms with Gasteiger partial charge in [0.05, 0.1) is 5.69 Å². The highest BCUT2D eigenvalue weighted by atomic mass is 127. The van der Waals surface area contributed by atoms with Gasteiger partial charge in [0.2, 0.25) is 0 Å². The SMILES string of the molecule is CN=C(NCCCN(Cc1ccccc1)Cc1ccccc1)NCCc1c(C)noc1C.I. The smallest absolute Gasteiger partial charge is 0.190 e. The van der Waals surface area contributed by atoms with Crippen LogP contribution in [0.25, 0.3) is 0 Å². The summed E-state index contributed by atoms with van der Waals surface area (Å²) in [7, 11) is 1.81.